The molecule has 0 unspecified atom stereocenters. The number of anilines is 1. The van der Waals surface area contributed by atoms with E-state index in [0.717, 1.165) is 5.39 Å². The molecule has 0 saturated carbocycles. The van der Waals surface area contributed by atoms with Gasteiger partial charge in [0, 0.05) is 23.7 Å². The molecule has 6 heteroatoms. The van der Waals surface area contributed by atoms with Crippen molar-refractivity contribution in [2.24, 2.45) is 0 Å². The number of halogens is 1. The molecule has 1 aromatic heterocycles. The van der Waals surface area contributed by atoms with Gasteiger partial charge in [-0.25, -0.2) is 0 Å². The van der Waals surface area contributed by atoms with Gasteiger partial charge in [0.1, 0.15) is 11.5 Å². The molecule has 3 aromatic rings. The van der Waals surface area contributed by atoms with Gasteiger partial charge in [-0.1, -0.05) is 29.8 Å². The zero-order valence-corrected chi connectivity index (χ0v) is 13.9. The number of amides is 1. The molecule has 0 radical (unpaired) electrons. The number of fused-ring (bicyclic) bond motifs is 1. The minimum absolute atomic E-state index is 0.290. The van der Waals surface area contributed by atoms with Gasteiger partial charge in [-0.05, 0) is 12.1 Å². The highest BCUT2D eigenvalue weighted by Gasteiger charge is 2.15. The van der Waals surface area contributed by atoms with Gasteiger partial charge in [0.15, 0.2) is 0 Å². The largest absolute Gasteiger partial charge is 0.495 e. The fourth-order valence-electron chi connectivity index (χ4n) is 2.44. The second kappa shape index (κ2) is 6.76. The molecule has 2 aromatic carbocycles. The van der Waals surface area contributed by atoms with E-state index in [4.69, 9.17) is 21.1 Å². The number of rotatable bonds is 4. The van der Waals surface area contributed by atoms with Crippen LogP contribution in [0.15, 0.2) is 48.7 Å². The monoisotopic (exact) mass is 342 g/mol. The van der Waals surface area contributed by atoms with Crippen molar-refractivity contribution < 1.29 is 14.3 Å². The van der Waals surface area contributed by atoms with Crippen LogP contribution < -0.4 is 14.8 Å². The number of aromatic nitrogens is 1. The van der Waals surface area contributed by atoms with Gasteiger partial charge in [0.05, 0.1) is 36.0 Å². The van der Waals surface area contributed by atoms with Gasteiger partial charge < -0.3 is 14.8 Å². The highest BCUT2D eigenvalue weighted by Crippen LogP contribution is 2.36. The lowest BCUT2D eigenvalue weighted by Crippen LogP contribution is -2.13. The number of carbonyl (C=O) groups is 1. The van der Waals surface area contributed by atoms with Crippen LogP contribution in [0.4, 0.5) is 5.69 Å². The van der Waals surface area contributed by atoms with E-state index in [2.05, 4.69) is 10.3 Å². The average molecular weight is 343 g/mol. The Morgan fingerprint density at radius 1 is 1.08 bits per heavy atom. The minimum atomic E-state index is -0.290. The summed E-state index contributed by atoms with van der Waals surface area (Å²) < 4.78 is 10.5. The van der Waals surface area contributed by atoms with Crippen molar-refractivity contribution in [3.8, 4) is 11.5 Å². The molecule has 0 aliphatic heterocycles. The van der Waals surface area contributed by atoms with Crippen molar-refractivity contribution in [3.63, 3.8) is 0 Å². The first-order valence-electron chi connectivity index (χ1n) is 7.20. The Morgan fingerprint density at radius 3 is 2.58 bits per heavy atom. The first kappa shape index (κ1) is 16.1. The Kier molecular flexibility index (Phi) is 4.53. The Balaban J connectivity index is 2.00. The quantitative estimate of drug-likeness (QED) is 0.773. The molecule has 0 fully saturated rings. The summed E-state index contributed by atoms with van der Waals surface area (Å²) in [5, 5.41) is 4.13. The van der Waals surface area contributed by atoms with Crippen LogP contribution in [0.2, 0.25) is 5.02 Å². The van der Waals surface area contributed by atoms with E-state index in [1.807, 2.05) is 24.3 Å². The molecule has 0 spiro atoms. The van der Waals surface area contributed by atoms with Crippen molar-refractivity contribution in [2.45, 2.75) is 0 Å². The molecule has 1 N–H and O–H groups in total. The molecule has 122 valence electrons. The number of carbonyl (C=O) groups excluding carboxylic acids is 1. The summed E-state index contributed by atoms with van der Waals surface area (Å²) in [5.41, 5.74) is 1.58. The molecule has 1 amide bonds. The normalized spacial score (nSPS) is 10.5. The Labute approximate surface area is 144 Å². The van der Waals surface area contributed by atoms with Gasteiger partial charge in [0.25, 0.3) is 5.91 Å². The maximum Gasteiger partial charge on any atom is 0.257 e. The van der Waals surface area contributed by atoms with Crippen LogP contribution in [-0.2, 0) is 0 Å². The third kappa shape index (κ3) is 2.98. The number of nitrogens with zero attached hydrogens (tertiary/aromatic N) is 1. The van der Waals surface area contributed by atoms with Crippen molar-refractivity contribution in [1.29, 1.82) is 0 Å². The lowest BCUT2D eigenvalue weighted by atomic mass is 10.1. The summed E-state index contributed by atoms with van der Waals surface area (Å²) in [6.45, 7) is 0. The highest BCUT2D eigenvalue weighted by molar-refractivity contribution is 6.32. The summed E-state index contributed by atoms with van der Waals surface area (Å²) in [6.07, 6.45) is 1.66. The predicted octanol–water partition coefficient (Wildman–Crippen LogP) is 4.16. The molecule has 5 nitrogen and oxygen atoms in total. The number of nitrogens with one attached hydrogen (secondary N) is 1. The molecule has 0 atom stereocenters. The summed E-state index contributed by atoms with van der Waals surface area (Å²) in [4.78, 5) is 17.0. The molecule has 0 saturated heterocycles. The van der Waals surface area contributed by atoms with Gasteiger partial charge in [0.2, 0.25) is 0 Å². The van der Waals surface area contributed by atoms with E-state index in [9.17, 15) is 4.79 Å². The maximum absolute atomic E-state index is 12.7. The number of methoxy groups -OCH3 is 2. The number of hydrogen-bond acceptors (Lipinski definition) is 4. The fraction of sp³-hybridized carbons (Fsp3) is 0.111. The smallest absolute Gasteiger partial charge is 0.257 e. The Hall–Kier alpha value is -2.79. The maximum atomic E-state index is 12.7. The molecule has 1 heterocycles. The lowest BCUT2D eigenvalue weighted by molar-refractivity contribution is 0.102. The summed E-state index contributed by atoms with van der Waals surface area (Å²) >= 11 is 6.08. The van der Waals surface area contributed by atoms with Crippen LogP contribution in [0.5, 0.6) is 11.5 Å². The van der Waals surface area contributed by atoms with Crippen LogP contribution in [-0.4, -0.2) is 25.1 Å². The van der Waals surface area contributed by atoms with Crippen molar-refractivity contribution in [1.82, 2.24) is 4.98 Å². The number of pyridine rings is 1. The molecule has 0 aliphatic rings. The van der Waals surface area contributed by atoms with E-state index in [-0.39, 0.29) is 5.91 Å². The number of para-hydroxylation sites is 1. The predicted molar refractivity (Wildman–Crippen MR) is 94.3 cm³/mol. The first-order valence-corrected chi connectivity index (χ1v) is 7.58. The molecular weight excluding hydrogens is 328 g/mol. The van der Waals surface area contributed by atoms with Gasteiger partial charge in [-0.15, -0.1) is 0 Å². The van der Waals surface area contributed by atoms with Gasteiger partial charge in [-0.2, -0.15) is 0 Å². The molecule has 24 heavy (non-hydrogen) atoms. The van der Waals surface area contributed by atoms with E-state index in [1.165, 1.54) is 14.2 Å². The van der Waals surface area contributed by atoms with Crippen LogP contribution in [0.3, 0.4) is 0 Å². The average Bonchev–Trinajstić information content (AvgIpc) is 2.62. The van der Waals surface area contributed by atoms with Crippen molar-refractivity contribution in [2.75, 3.05) is 19.5 Å². The topological polar surface area (TPSA) is 60.5 Å². The van der Waals surface area contributed by atoms with Crippen molar-refractivity contribution >= 4 is 34.1 Å². The Morgan fingerprint density at radius 2 is 1.83 bits per heavy atom. The van der Waals surface area contributed by atoms with Crippen LogP contribution in [0, 0.1) is 0 Å². The second-order valence-electron chi connectivity index (χ2n) is 5.02. The van der Waals surface area contributed by atoms with Crippen LogP contribution in [0.1, 0.15) is 10.4 Å². The standard InChI is InChI=1S/C18H15ClN2O3/c1-23-15-10-14(16(24-2)9-13(15)19)21-18(22)12-7-3-5-11-6-4-8-20-17(11)12/h3-10H,1-2H3,(H,21,22). The van der Waals surface area contributed by atoms with E-state index in [1.54, 1.807) is 24.4 Å². The summed E-state index contributed by atoms with van der Waals surface area (Å²) in [6, 6.07) is 12.4. The van der Waals surface area contributed by atoms with Gasteiger partial charge in [-0.3, -0.25) is 9.78 Å². The SMILES string of the molecule is COc1cc(NC(=O)c2cccc3cccnc23)c(OC)cc1Cl. The van der Waals surface area contributed by atoms with Crippen LogP contribution in [0.25, 0.3) is 10.9 Å². The minimum Gasteiger partial charge on any atom is -0.495 e. The zero-order chi connectivity index (χ0) is 17.1. The Bertz CT molecular complexity index is 907. The fourth-order valence-corrected chi connectivity index (χ4v) is 2.67. The number of ether oxygens (including phenoxy) is 2. The van der Waals surface area contributed by atoms with E-state index < -0.39 is 0 Å². The summed E-state index contributed by atoms with van der Waals surface area (Å²) in [7, 11) is 3.02. The number of hydrogen-bond donors (Lipinski definition) is 1. The molecule has 0 aliphatic carbocycles. The molecule has 3 rings (SSSR count). The third-order valence-corrected chi connectivity index (χ3v) is 3.89. The number of benzene rings is 2. The first-order chi connectivity index (χ1) is 11.6. The zero-order valence-electron chi connectivity index (χ0n) is 13.2. The third-order valence-electron chi connectivity index (χ3n) is 3.60. The van der Waals surface area contributed by atoms with Crippen LogP contribution >= 0.6 is 11.6 Å². The van der Waals surface area contributed by atoms with Gasteiger partial charge >= 0.3 is 0 Å². The van der Waals surface area contributed by atoms with Crippen molar-refractivity contribution in [3.05, 3.63) is 59.2 Å². The highest BCUT2D eigenvalue weighted by atomic mass is 35.5. The lowest BCUT2D eigenvalue weighted by Gasteiger charge is -2.13. The van der Waals surface area contributed by atoms with E-state index >= 15 is 0 Å². The second-order valence-corrected chi connectivity index (χ2v) is 5.43. The molecule has 0 bridgehead atoms. The van der Waals surface area contributed by atoms with E-state index in [0.29, 0.717) is 33.3 Å². The molecular formula is C18H15ClN2O3. The summed E-state index contributed by atoms with van der Waals surface area (Å²) in [5.74, 6) is 0.605.